The summed E-state index contributed by atoms with van der Waals surface area (Å²) in [7, 11) is 0. The fourth-order valence-corrected chi connectivity index (χ4v) is 2.98. The monoisotopic (exact) mass is 284 g/mol. The van der Waals surface area contributed by atoms with Crippen LogP contribution in [0.3, 0.4) is 0 Å². The van der Waals surface area contributed by atoms with Crippen molar-refractivity contribution in [3.63, 3.8) is 0 Å². The molecule has 0 aromatic heterocycles. The second-order valence-electron chi connectivity index (χ2n) is 5.30. The molecule has 0 aromatic rings. The molecule has 0 spiro atoms. The lowest BCUT2D eigenvalue weighted by Gasteiger charge is -2.34. The quantitative estimate of drug-likeness (QED) is 0.519. The molecule has 2 fully saturated rings. The van der Waals surface area contributed by atoms with E-state index in [4.69, 9.17) is 9.47 Å². The molecule has 112 valence electrons. The third kappa shape index (κ3) is 2.46. The molecule has 20 heavy (non-hydrogen) atoms. The standard InChI is InChI=1S/C12H20N4O4/c1-2-13-6-11(16(17)18)12-14(3-4-15(12)8-13)5-10-7-19-9-20-10/h10H,2-9H2,1H3. The molecule has 3 aliphatic rings. The summed E-state index contributed by atoms with van der Waals surface area (Å²) in [5.74, 6) is 0.773. The molecule has 0 amide bonds. The third-order valence-electron chi connectivity index (χ3n) is 4.02. The summed E-state index contributed by atoms with van der Waals surface area (Å²) in [6.45, 7) is 7.22. The van der Waals surface area contributed by atoms with Crippen molar-refractivity contribution in [1.82, 2.24) is 14.7 Å². The van der Waals surface area contributed by atoms with Gasteiger partial charge >= 0.3 is 0 Å². The van der Waals surface area contributed by atoms with Crippen molar-refractivity contribution in [3.8, 4) is 0 Å². The van der Waals surface area contributed by atoms with Gasteiger partial charge in [0.1, 0.15) is 12.9 Å². The molecule has 3 aliphatic heterocycles. The first kappa shape index (κ1) is 13.6. The Morgan fingerprint density at radius 3 is 2.95 bits per heavy atom. The zero-order valence-corrected chi connectivity index (χ0v) is 11.7. The van der Waals surface area contributed by atoms with Gasteiger partial charge in [0.15, 0.2) is 5.82 Å². The van der Waals surface area contributed by atoms with Crippen LogP contribution in [0.25, 0.3) is 0 Å². The minimum Gasteiger partial charge on any atom is -0.353 e. The van der Waals surface area contributed by atoms with Crippen molar-refractivity contribution in [2.24, 2.45) is 0 Å². The summed E-state index contributed by atoms with van der Waals surface area (Å²) >= 11 is 0. The van der Waals surface area contributed by atoms with Gasteiger partial charge in [0.05, 0.1) is 24.7 Å². The van der Waals surface area contributed by atoms with Crippen LogP contribution in [0.15, 0.2) is 11.5 Å². The van der Waals surface area contributed by atoms with Crippen LogP contribution in [0, 0.1) is 10.1 Å². The maximum Gasteiger partial charge on any atom is 0.300 e. The number of nitrogens with zero attached hydrogens (tertiary/aromatic N) is 4. The average molecular weight is 284 g/mol. The number of hydrogen-bond donors (Lipinski definition) is 0. The van der Waals surface area contributed by atoms with E-state index >= 15 is 0 Å². The first-order valence-electron chi connectivity index (χ1n) is 6.98. The fraction of sp³-hybridized carbons (Fsp3) is 0.833. The van der Waals surface area contributed by atoms with E-state index in [1.165, 1.54) is 0 Å². The van der Waals surface area contributed by atoms with Crippen LogP contribution in [0.4, 0.5) is 0 Å². The average Bonchev–Trinajstić information content (AvgIpc) is 3.08. The molecular weight excluding hydrogens is 264 g/mol. The Kier molecular flexibility index (Phi) is 3.77. The van der Waals surface area contributed by atoms with E-state index in [2.05, 4.69) is 14.7 Å². The summed E-state index contributed by atoms with van der Waals surface area (Å²) in [5.41, 5.74) is 0.300. The van der Waals surface area contributed by atoms with Gasteiger partial charge in [-0.15, -0.1) is 0 Å². The number of fused-ring (bicyclic) bond motifs is 1. The van der Waals surface area contributed by atoms with Crippen molar-refractivity contribution in [3.05, 3.63) is 21.6 Å². The normalized spacial score (nSPS) is 27.4. The smallest absolute Gasteiger partial charge is 0.300 e. The van der Waals surface area contributed by atoms with E-state index in [1.54, 1.807) is 0 Å². The molecular formula is C12H20N4O4. The molecule has 8 heteroatoms. The van der Waals surface area contributed by atoms with Crippen LogP contribution >= 0.6 is 0 Å². The van der Waals surface area contributed by atoms with Gasteiger partial charge in [-0.1, -0.05) is 6.92 Å². The van der Waals surface area contributed by atoms with Gasteiger partial charge in [0, 0.05) is 19.6 Å². The Morgan fingerprint density at radius 2 is 2.30 bits per heavy atom. The highest BCUT2D eigenvalue weighted by Crippen LogP contribution is 2.28. The van der Waals surface area contributed by atoms with Crippen molar-refractivity contribution < 1.29 is 14.4 Å². The molecule has 0 radical (unpaired) electrons. The molecule has 8 nitrogen and oxygen atoms in total. The maximum atomic E-state index is 11.4. The van der Waals surface area contributed by atoms with Crippen LogP contribution in [0.1, 0.15) is 6.92 Å². The molecule has 0 aromatic carbocycles. The summed E-state index contributed by atoms with van der Waals surface area (Å²) in [4.78, 5) is 17.4. The first-order chi connectivity index (χ1) is 9.69. The van der Waals surface area contributed by atoms with Gasteiger partial charge in [-0.3, -0.25) is 15.0 Å². The highest BCUT2D eigenvalue weighted by molar-refractivity contribution is 5.15. The second-order valence-corrected chi connectivity index (χ2v) is 5.30. The minimum absolute atomic E-state index is 0.0136. The van der Waals surface area contributed by atoms with Gasteiger partial charge in [0.2, 0.25) is 0 Å². The summed E-state index contributed by atoms with van der Waals surface area (Å²) in [6, 6.07) is 0. The molecule has 1 unspecified atom stereocenters. The lowest BCUT2D eigenvalue weighted by Crippen LogP contribution is -2.45. The fourth-order valence-electron chi connectivity index (χ4n) is 2.98. The molecule has 3 heterocycles. The Bertz CT molecular complexity index is 422. The summed E-state index contributed by atoms with van der Waals surface area (Å²) in [5, 5.41) is 11.4. The van der Waals surface area contributed by atoms with Crippen molar-refractivity contribution in [1.29, 1.82) is 0 Å². The van der Waals surface area contributed by atoms with E-state index in [-0.39, 0.29) is 11.0 Å². The van der Waals surface area contributed by atoms with Crippen molar-refractivity contribution >= 4 is 0 Å². The second kappa shape index (κ2) is 5.55. The van der Waals surface area contributed by atoms with Crippen molar-refractivity contribution in [2.75, 3.05) is 52.8 Å². The number of ether oxygens (including phenoxy) is 2. The Labute approximate surface area is 117 Å². The van der Waals surface area contributed by atoms with Gasteiger partial charge in [-0.2, -0.15) is 0 Å². The zero-order chi connectivity index (χ0) is 14.1. The third-order valence-corrected chi connectivity index (χ3v) is 4.02. The maximum absolute atomic E-state index is 11.4. The lowest BCUT2D eigenvalue weighted by atomic mass is 10.3. The Hall–Kier alpha value is -1.38. The predicted molar refractivity (Wildman–Crippen MR) is 70.1 cm³/mol. The van der Waals surface area contributed by atoms with E-state index in [1.807, 2.05) is 6.92 Å². The van der Waals surface area contributed by atoms with E-state index in [9.17, 15) is 10.1 Å². The molecule has 0 bridgehead atoms. The number of rotatable bonds is 4. The van der Waals surface area contributed by atoms with E-state index in [0.717, 1.165) is 32.1 Å². The molecule has 2 saturated heterocycles. The number of nitro groups is 1. The zero-order valence-electron chi connectivity index (χ0n) is 11.7. The highest BCUT2D eigenvalue weighted by atomic mass is 16.7. The predicted octanol–water partition coefficient (Wildman–Crippen LogP) is -0.284. The largest absolute Gasteiger partial charge is 0.353 e. The van der Waals surface area contributed by atoms with Crippen LogP contribution in [-0.4, -0.2) is 78.5 Å². The van der Waals surface area contributed by atoms with Gasteiger partial charge < -0.3 is 19.3 Å². The molecule has 0 saturated carbocycles. The van der Waals surface area contributed by atoms with Gasteiger partial charge in [0.25, 0.3) is 5.70 Å². The van der Waals surface area contributed by atoms with E-state index in [0.29, 0.717) is 32.2 Å². The van der Waals surface area contributed by atoms with Gasteiger partial charge in [-0.05, 0) is 6.54 Å². The Morgan fingerprint density at radius 1 is 1.45 bits per heavy atom. The minimum atomic E-state index is -0.242. The van der Waals surface area contributed by atoms with E-state index < -0.39 is 0 Å². The number of likely N-dealkylation sites (N-methyl/N-ethyl adjacent to an activating group) is 1. The number of hydrogen-bond acceptors (Lipinski definition) is 7. The molecule has 1 atom stereocenters. The molecule has 0 aliphatic carbocycles. The van der Waals surface area contributed by atoms with Gasteiger partial charge in [-0.25, -0.2) is 0 Å². The van der Waals surface area contributed by atoms with Crippen LogP contribution in [-0.2, 0) is 9.47 Å². The first-order valence-corrected chi connectivity index (χ1v) is 6.98. The highest BCUT2D eigenvalue weighted by Gasteiger charge is 2.39. The molecule has 3 rings (SSSR count). The Balaban J connectivity index is 1.81. The lowest BCUT2D eigenvalue weighted by molar-refractivity contribution is -0.433. The topological polar surface area (TPSA) is 71.3 Å². The summed E-state index contributed by atoms with van der Waals surface area (Å²) in [6.07, 6.45) is 0.0136. The van der Waals surface area contributed by atoms with Crippen LogP contribution < -0.4 is 0 Å². The molecule has 0 N–H and O–H groups in total. The SMILES string of the molecule is CCN1CC([N+](=O)[O-])=C2N(CC3COCO3)CCN2C1. The van der Waals surface area contributed by atoms with Crippen LogP contribution in [0.5, 0.6) is 0 Å². The van der Waals surface area contributed by atoms with Crippen LogP contribution in [0.2, 0.25) is 0 Å². The summed E-state index contributed by atoms with van der Waals surface area (Å²) < 4.78 is 10.6. The van der Waals surface area contributed by atoms with Crippen molar-refractivity contribution in [2.45, 2.75) is 13.0 Å².